The number of carbonyl (C=O) groups is 1. The first-order chi connectivity index (χ1) is 12.2. The molecule has 1 heterocycles. The number of nitrogens with zero attached hydrogens (tertiary/aromatic N) is 3. The van der Waals surface area contributed by atoms with Gasteiger partial charge in [-0.25, -0.2) is 4.98 Å². The monoisotopic (exact) mass is 341 g/mol. The van der Waals surface area contributed by atoms with Crippen LogP contribution < -0.4 is 0 Å². The molecule has 0 N–H and O–H groups in total. The summed E-state index contributed by atoms with van der Waals surface area (Å²) >= 11 is 0. The molecule has 2 aromatic rings. The number of rotatable bonds is 7. The van der Waals surface area contributed by atoms with Crippen molar-refractivity contribution < 1.29 is 4.79 Å². The number of para-hydroxylation sites is 2. The Balaban J connectivity index is 1.91. The number of carbonyl (C=O) groups excluding carboxylic acids is 1. The van der Waals surface area contributed by atoms with Crippen LogP contribution in [0.4, 0.5) is 0 Å². The molecule has 1 aliphatic carbocycles. The van der Waals surface area contributed by atoms with Gasteiger partial charge in [-0.3, -0.25) is 4.79 Å². The molecule has 0 spiro atoms. The lowest BCUT2D eigenvalue weighted by molar-refractivity contribution is -0.131. The molecule has 4 heteroatoms. The predicted octanol–water partition coefficient (Wildman–Crippen LogP) is 4.73. The van der Waals surface area contributed by atoms with Crippen LogP contribution in [0.3, 0.4) is 0 Å². The maximum Gasteiger partial charge on any atom is 0.242 e. The highest BCUT2D eigenvalue weighted by Gasteiger charge is 2.24. The van der Waals surface area contributed by atoms with E-state index in [1.54, 1.807) is 0 Å². The second-order valence-electron chi connectivity index (χ2n) is 7.26. The molecule has 1 aromatic carbocycles. The molecule has 0 atom stereocenters. The van der Waals surface area contributed by atoms with Crippen molar-refractivity contribution in [3.05, 3.63) is 30.1 Å². The van der Waals surface area contributed by atoms with E-state index in [1.807, 2.05) is 17.0 Å². The van der Waals surface area contributed by atoms with Gasteiger partial charge in [0.15, 0.2) is 0 Å². The van der Waals surface area contributed by atoms with Crippen molar-refractivity contribution in [3.8, 4) is 0 Å². The first-order valence-corrected chi connectivity index (χ1v) is 9.97. The van der Waals surface area contributed by atoms with Crippen LogP contribution >= 0.6 is 0 Å². The summed E-state index contributed by atoms with van der Waals surface area (Å²) in [5.74, 6) is 1.85. The Morgan fingerprint density at radius 3 is 2.48 bits per heavy atom. The van der Waals surface area contributed by atoms with Gasteiger partial charge >= 0.3 is 0 Å². The zero-order valence-electron chi connectivity index (χ0n) is 15.7. The van der Waals surface area contributed by atoms with E-state index < -0.39 is 0 Å². The van der Waals surface area contributed by atoms with Crippen LogP contribution in [0.5, 0.6) is 0 Å². The Labute approximate surface area is 151 Å². The fraction of sp³-hybridized carbons (Fsp3) is 0.619. The summed E-state index contributed by atoms with van der Waals surface area (Å²) in [5.41, 5.74) is 2.12. The van der Waals surface area contributed by atoms with E-state index in [0.29, 0.717) is 12.5 Å². The highest BCUT2D eigenvalue weighted by Crippen LogP contribution is 2.34. The first kappa shape index (κ1) is 18.0. The summed E-state index contributed by atoms with van der Waals surface area (Å²) in [7, 11) is 0. The lowest BCUT2D eigenvalue weighted by Gasteiger charge is -2.25. The number of imidazole rings is 1. The fourth-order valence-corrected chi connectivity index (χ4v) is 4.07. The van der Waals surface area contributed by atoms with Crippen LogP contribution in [-0.2, 0) is 11.3 Å². The average Bonchev–Trinajstić information content (AvgIpc) is 3.01. The summed E-state index contributed by atoms with van der Waals surface area (Å²) in [6.07, 6.45) is 8.30. The number of amides is 1. The van der Waals surface area contributed by atoms with Crippen LogP contribution in [0.2, 0.25) is 0 Å². The van der Waals surface area contributed by atoms with Crippen LogP contribution in [0.1, 0.15) is 70.5 Å². The van der Waals surface area contributed by atoms with E-state index in [-0.39, 0.29) is 5.91 Å². The second-order valence-corrected chi connectivity index (χ2v) is 7.26. The van der Waals surface area contributed by atoms with Crippen LogP contribution in [0.15, 0.2) is 24.3 Å². The summed E-state index contributed by atoms with van der Waals surface area (Å²) in [4.78, 5) is 19.9. The SMILES string of the molecule is CCCN(CCC)C(=O)Cn1c(C2CCCCC2)nc2ccccc21. The number of benzene rings is 1. The van der Waals surface area contributed by atoms with E-state index in [9.17, 15) is 4.79 Å². The molecule has 0 bridgehead atoms. The Morgan fingerprint density at radius 2 is 1.80 bits per heavy atom. The molecule has 1 aromatic heterocycles. The van der Waals surface area contributed by atoms with Gasteiger partial charge in [0.2, 0.25) is 5.91 Å². The van der Waals surface area contributed by atoms with Gasteiger partial charge in [-0.15, -0.1) is 0 Å². The van der Waals surface area contributed by atoms with Crippen LogP contribution in [0, 0.1) is 0 Å². The van der Waals surface area contributed by atoms with Gasteiger partial charge in [-0.1, -0.05) is 45.2 Å². The maximum absolute atomic E-state index is 12.9. The zero-order valence-corrected chi connectivity index (χ0v) is 15.7. The standard InChI is InChI=1S/C21H31N3O/c1-3-14-23(15-4-2)20(25)16-24-19-13-9-8-12-18(19)22-21(24)17-10-6-5-7-11-17/h8-9,12-13,17H,3-7,10-11,14-16H2,1-2H3. The Hall–Kier alpha value is -1.84. The predicted molar refractivity (Wildman–Crippen MR) is 103 cm³/mol. The van der Waals surface area contributed by atoms with E-state index in [1.165, 1.54) is 32.1 Å². The molecule has 4 nitrogen and oxygen atoms in total. The van der Waals surface area contributed by atoms with Gasteiger partial charge in [0, 0.05) is 19.0 Å². The Kier molecular flexibility index (Phi) is 6.11. The van der Waals surface area contributed by atoms with Crippen molar-refractivity contribution in [2.45, 2.75) is 71.3 Å². The molecule has 1 saturated carbocycles. The maximum atomic E-state index is 12.9. The molecule has 0 saturated heterocycles. The number of aromatic nitrogens is 2. The summed E-state index contributed by atoms with van der Waals surface area (Å²) < 4.78 is 2.20. The molecule has 1 amide bonds. The third kappa shape index (κ3) is 4.05. The molecule has 0 aliphatic heterocycles. The Bertz CT molecular complexity index is 694. The smallest absolute Gasteiger partial charge is 0.242 e. The van der Waals surface area contributed by atoms with Crippen molar-refractivity contribution in [3.63, 3.8) is 0 Å². The molecular formula is C21H31N3O. The van der Waals surface area contributed by atoms with Gasteiger partial charge in [0.1, 0.15) is 12.4 Å². The van der Waals surface area contributed by atoms with E-state index in [4.69, 9.17) is 4.98 Å². The lowest BCUT2D eigenvalue weighted by atomic mass is 9.88. The lowest BCUT2D eigenvalue weighted by Crippen LogP contribution is -2.35. The van der Waals surface area contributed by atoms with Crippen molar-refractivity contribution in [2.24, 2.45) is 0 Å². The molecule has 1 aliphatic rings. The van der Waals surface area contributed by atoms with Gasteiger partial charge in [0.25, 0.3) is 0 Å². The third-order valence-corrected chi connectivity index (χ3v) is 5.29. The highest BCUT2D eigenvalue weighted by atomic mass is 16.2. The number of hydrogen-bond acceptors (Lipinski definition) is 2. The van der Waals surface area contributed by atoms with Crippen molar-refractivity contribution in [2.75, 3.05) is 13.1 Å². The molecule has 136 valence electrons. The van der Waals surface area contributed by atoms with Crippen molar-refractivity contribution in [1.82, 2.24) is 14.5 Å². The topological polar surface area (TPSA) is 38.1 Å². The van der Waals surface area contributed by atoms with Gasteiger partial charge < -0.3 is 9.47 Å². The quantitative estimate of drug-likeness (QED) is 0.730. The second kappa shape index (κ2) is 8.50. The van der Waals surface area contributed by atoms with Crippen LogP contribution in [-0.4, -0.2) is 33.4 Å². The van der Waals surface area contributed by atoms with Crippen molar-refractivity contribution >= 4 is 16.9 Å². The molecular weight excluding hydrogens is 310 g/mol. The zero-order chi connectivity index (χ0) is 17.6. The molecule has 0 radical (unpaired) electrons. The first-order valence-electron chi connectivity index (χ1n) is 9.97. The molecule has 25 heavy (non-hydrogen) atoms. The molecule has 1 fully saturated rings. The minimum Gasteiger partial charge on any atom is -0.341 e. The largest absolute Gasteiger partial charge is 0.341 e. The molecule has 3 rings (SSSR count). The average molecular weight is 341 g/mol. The van der Waals surface area contributed by atoms with Crippen molar-refractivity contribution in [1.29, 1.82) is 0 Å². The Morgan fingerprint density at radius 1 is 1.12 bits per heavy atom. The minimum atomic E-state index is 0.226. The third-order valence-electron chi connectivity index (χ3n) is 5.29. The van der Waals surface area contributed by atoms with E-state index in [0.717, 1.165) is 42.8 Å². The summed E-state index contributed by atoms with van der Waals surface area (Å²) in [5, 5.41) is 0. The molecule has 0 unspecified atom stereocenters. The minimum absolute atomic E-state index is 0.226. The number of fused-ring (bicyclic) bond motifs is 1. The van der Waals surface area contributed by atoms with Gasteiger partial charge in [0.05, 0.1) is 11.0 Å². The number of hydrogen-bond donors (Lipinski definition) is 0. The van der Waals surface area contributed by atoms with E-state index >= 15 is 0 Å². The van der Waals surface area contributed by atoms with Gasteiger partial charge in [-0.2, -0.15) is 0 Å². The van der Waals surface area contributed by atoms with Gasteiger partial charge in [-0.05, 0) is 37.8 Å². The van der Waals surface area contributed by atoms with E-state index in [2.05, 4.69) is 30.5 Å². The van der Waals surface area contributed by atoms with Crippen LogP contribution in [0.25, 0.3) is 11.0 Å². The summed E-state index contributed by atoms with van der Waals surface area (Å²) in [6, 6.07) is 8.25. The summed E-state index contributed by atoms with van der Waals surface area (Å²) in [6.45, 7) is 6.38. The normalized spacial score (nSPS) is 15.6. The highest BCUT2D eigenvalue weighted by molar-refractivity contribution is 5.81. The fourth-order valence-electron chi connectivity index (χ4n) is 4.07.